The number of anilines is 1. The molecule has 2 amide bonds. The van der Waals surface area contributed by atoms with Crippen LogP contribution in [0.3, 0.4) is 0 Å². The Kier molecular flexibility index (Phi) is 11.5. The molecule has 0 fully saturated rings. The van der Waals surface area contributed by atoms with Gasteiger partial charge in [-0.05, 0) is 89.1 Å². The Balaban J connectivity index is 1.81. The Bertz CT molecular complexity index is 1750. The van der Waals surface area contributed by atoms with Crippen LogP contribution in [0.25, 0.3) is 0 Å². The molecular formula is C38H45N3O5S. The van der Waals surface area contributed by atoms with E-state index in [2.05, 4.69) is 5.32 Å². The normalized spacial score (nSPS) is 12.2. The van der Waals surface area contributed by atoms with Crippen molar-refractivity contribution in [2.75, 3.05) is 17.5 Å². The highest BCUT2D eigenvalue weighted by Gasteiger charge is 2.35. The first kappa shape index (κ1) is 35.2. The molecule has 47 heavy (non-hydrogen) atoms. The van der Waals surface area contributed by atoms with Crippen LogP contribution in [0.2, 0.25) is 0 Å². The van der Waals surface area contributed by atoms with Gasteiger partial charge in [0.1, 0.15) is 18.3 Å². The molecule has 0 spiro atoms. The number of rotatable bonds is 13. The Morgan fingerprint density at radius 3 is 2.04 bits per heavy atom. The zero-order chi connectivity index (χ0) is 34.2. The van der Waals surface area contributed by atoms with E-state index < -0.39 is 34.1 Å². The Morgan fingerprint density at radius 2 is 1.45 bits per heavy atom. The lowest BCUT2D eigenvalue weighted by Crippen LogP contribution is -2.56. The topological polar surface area (TPSA) is 96.0 Å². The summed E-state index contributed by atoms with van der Waals surface area (Å²) in [4.78, 5) is 30.2. The first-order chi connectivity index (χ1) is 22.3. The van der Waals surface area contributed by atoms with Crippen LogP contribution in [0, 0.1) is 13.8 Å². The highest BCUT2D eigenvalue weighted by atomic mass is 32.2. The SMILES string of the molecule is CCOc1ccc(S(=O)(=O)N(CC(=O)N(Cc2cccc(C)c2)[C@H](Cc2ccccc2)C(=O)NC(C)(C)C)c2ccc(C)cc2)cc1. The summed E-state index contributed by atoms with van der Waals surface area (Å²) < 4.78 is 35.2. The molecule has 8 nitrogen and oxygen atoms in total. The predicted molar refractivity (Wildman–Crippen MR) is 187 cm³/mol. The van der Waals surface area contributed by atoms with Gasteiger partial charge in [-0.3, -0.25) is 13.9 Å². The van der Waals surface area contributed by atoms with E-state index in [1.165, 1.54) is 17.0 Å². The smallest absolute Gasteiger partial charge is 0.264 e. The van der Waals surface area contributed by atoms with Crippen molar-refractivity contribution in [3.8, 4) is 5.75 Å². The molecule has 0 radical (unpaired) electrons. The Hall–Kier alpha value is -4.63. The lowest BCUT2D eigenvalue weighted by Gasteiger charge is -2.35. The van der Waals surface area contributed by atoms with E-state index in [1.807, 2.05) is 96.1 Å². The average Bonchev–Trinajstić information content (AvgIpc) is 3.02. The third kappa shape index (κ3) is 9.68. The molecule has 0 bridgehead atoms. The zero-order valence-electron chi connectivity index (χ0n) is 28.1. The molecule has 4 aromatic rings. The van der Waals surface area contributed by atoms with Crippen molar-refractivity contribution in [2.45, 2.75) is 71.0 Å². The molecule has 0 saturated heterocycles. The van der Waals surface area contributed by atoms with Crippen molar-refractivity contribution in [1.29, 1.82) is 0 Å². The van der Waals surface area contributed by atoms with Crippen LogP contribution in [-0.4, -0.2) is 49.9 Å². The van der Waals surface area contributed by atoms with Crippen molar-refractivity contribution in [1.82, 2.24) is 10.2 Å². The van der Waals surface area contributed by atoms with Crippen LogP contribution >= 0.6 is 0 Å². The van der Waals surface area contributed by atoms with Crippen molar-refractivity contribution in [2.24, 2.45) is 0 Å². The van der Waals surface area contributed by atoms with Crippen molar-refractivity contribution < 1.29 is 22.7 Å². The van der Waals surface area contributed by atoms with Gasteiger partial charge in [-0.25, -0.2) is 8.42 Å². The van der Waals surface area contributed by atoms with E-state index in [0.29, 0.717) is 18.0 Å². The van der Waals surface area contributed by atoms with Crippen LogP contribution in [0.4, 0.5) is 5.69 Å². The maximum atomic E-state index is 14.6. The molecule has 0 heterocycles. The van der Waals surface area contributed by atoms with Gasteiger partial charge in [0.15, 0.2) is 0 Å². The lowest BCUT2D eigenvalue weighted by atomic mass is 10.0. The highest BCUT2D eigenvalue weighted by Crippen LogP contribution is 2.27. The molecule has 248 valence electrons. The number of benzene rings is 4. The number of carbonyl (C=O) groups excluding carboxylic acids is 2. The molecule has 0 saturated carbocycles. The van der Waals surface area contributed by atoms with Crippen molar-refractivity contribution in [3.63, 3.8) is 0 Å². The average molecular weight is 656 g/mol. The van der Waals surface area contributed by atoms with E-state index in [1.54, 1.807) is 36.4 Å². The summed E-state index contributed by atoms with van der Waals surface area (Å²) in [5.41, 5.74) is 3.44. The highest BCUT2D eigenvalue weighted by molar-refractivity contribution is 7.92. The van der Waals surface area contributed by atoms with E-state index in [-0.39, 0.29) is 23.8 Å². The first-order valence-electron chi connectivity index (χ1n) is 15.8. The van der Waals surface area contributed by atoms with E-state index in [4.69, 9.17) is 4.74 Å². The summed E-state index contributed by atoms with van der Waals surface area (Å²) in [6.45, 7) is 11.4. The van der Waals surface area contributed by atoms with Crippen LogP contribution < -0.4 is 14.4 Å². The molecule has 0 aliphatic rings. The summed E-state index contributed by atoms with van der Waals surface area (Å²) in [6.07, 6.45) is 0.247. The number of hydrogen-bond acceptors (Lipinski definition) is 5. The Labute approximate surface area is 279 Å². The molecule has 4 rings (SSSR count). The first-order valence-corrected chi connectivity index (χ1v) is 17.2. The van der Waals surface area contributed by atoms with Crippen LogP contribution in [0.1, 0.15) is 49.9 Å². The molecular weight excluding hydrogens is 611 g/mol. The molecule has 1 atom stereocenters. The third-order valence-electron chi connectivity index (χ3n) is 7.53. The van der Waals surface area contributed by atoms with Gasteiger partial charge in [-0.15, -0.1) is 0 Å². The maximum absolute atomic E-state index is 14.6. The van der Waals surface area contributed by atoms with E-state index in [0.717, 1.165) is 26.6 Å². The Morgan fingerprint density at radius 1 is 0.809 bits per heavy atom. The second-order valence-corrected chi connectivity index (χ2v) is 14.6. The van der Waals surface area contributed by atoms with Crippen LogP contribution in [0.5, 0.6) is 5.75 Å². The summed E-state index contributed by atoms with van der Waals surface area (Å²) in [7, 11) is -4.21. The van der Waals surface area contributed by atoms with Crippen molar-refractivity contribution in [3.05, 3.63) is 125 Å². The van der Waals surface area contributed by atoms with Gasteiger partial charge in [0.05, 0.1) is 17.2 Å². The van der Waals surface area contributed by atoms with Crippen molar-refractivity contribution >= 4 is 27.5 Å². The fourth-order valence-electron chi connectivity index (χ4n) is 5.26. The number of hydrogen-bond donors (Lipinski definition) is 1. The van der Waals surface area contributed by atoms with Gasteiger partial charge in [-0.1, -0.05) is 77.9 Å². The fourth-order valence-corrected chi connectivity index (χ4v) is 6.67. The monoisotopic (exact) mass is 655 g/mol. The lowest BCUT2D eigenvalue weighted by molar-refractivity contribution is -0.140. The van der Waals surface area contributed by atoms with Gasteiger partial charge in [0, 0.05) is 18.5 Å². The zero-order valence-corrected chi connectivity index (χ0v) is 28.9. The number of nitrogens with zero attached hydrogens (tertiary/aromatic N) is 2. The van der Waals surface area contributed by atoms with E-state index in [9.17, 15) is 18.0 Å². The summed E-state index contributed by atoms with van der Waals surface area (Å²) in [6, 6.07) is 29.5. The molecule has 0 aliphatic carbocycles. The second-order valence-electron chi connectivity index (χ2n) is 12.7. The number of nitrogens with one attached hydrogen (secondary N) is 1. The van der Waals surface area contributed by atoms with Gasteiger partial charge < -0.3 is 15.0 Å². The largest absolute Gasteiger partial charge is 0.494 e. The van der Waals surface area contributed by atoms with Crippen LogP contribution in [0.15, 0.2) is 108 Å². The van der Waals surface area contributed by atoms with Crippen LogP contribution in [-0.2, 0) is 32.6 Å². The number of carbonyl (C=O) groups is 2. The van der Waals surface area contributed by atoms with Gasteiger partial charge in [-0.2, -0.15) is 0 Å². The number of aryl methyl sites for hydroxylation is 2. The second kappa shape index (κ2) is 15.3. The molecule has 4 aromatic carbocycles. The quantitative estimate of drug-likeness (QED) is 0.179. The minimum absolute atomic E-state index is 0.0193. The van der Waals surface area contributed by atoms with E-state index >= 15 is 0 Å². The molecule has 0 unspecified atom stereocenters. The molecule has 0 aliphatic heterocycles. The predicted octanol–water partition coefficient (Wildman–Crippen LogP) is 6.45. The van der Waals surface area contributed by atoms with Gasteiger partial charge >= 0.3 is 0 Å². The standard InChI is InChI=1S/C38H45N3O5S/c1-7-46-33-20-22-34(23-21-33)47(44,45)41(32-18-16-28(2)17-19-32)27-36(42)40(26-31-15-11-12-29(3)24-31)35(37(43)39-38(4,5)6)25-30-13-9-8-10-14-30/h8-24,35H,7,25-27H2,1-6H3,(H,39,43)/t35-/m1/s1. The molecule has 9 heteroatoms. The molecule has 0 aromatic heterocycles. The summed E-state index contributed by atoms with van der Waals surface area (Å²) in [5, 5.41) is 3.06. The number of ether oxygens (including phenoxy) is 1. The summed E-state index contributed by atoms with van der Waals surface area (Å²) in [5.74, 6) is -0.285. The number of sulfonamides is 1. The minimum Gasteiger partial charge on any atom is -0.494 e. The van der Waals surface area contributed by atoms with Gasteiger partial charge in [0.2, 0.25) is 11.8 Å². The summed E-state index contributed by atoms with van der Waals surface area (Å²) >= 11 is 0. The third-order valence-corrected chi connectivity index (χ3v) is 9.32. The van der Waals surface area contributed by atoms with Gasteiger partial charge in [0.25, 0.3) is 10.0 Å². The minimum atomic E-state index is -4.21. The maximum Gasteiger partial charge on any atom is 0.264 e. The number of amides is 2. The fraction of sp³-hybridized carbons (Fsp3) is 0.316. The molecule has 1 N–H and O–H groups in total.